The molecule has 1 aromatic heterocycles. The molecule has 6 nitrogen and oxygen atoms in total. The summed E-state index contributed by atoms with van der Waals surface area (Å²) in [5.41, 5.74) is 0. The number of carbonyl (C=O) groups excluding carboxylic acids is 1. The molecule has 1 aromatic rings. The fourth-order valence-corrected chi connectivity index (χ4v) is 4.43. The normalized spacial score (nSPS) is 25.0. The molecule has 140 valence electrons. The van der Waals surface area contributed by atoms with Crippen molar-refractivity contribution in [2.45, 2.75) is 57.8 Å². The van der Waals surface area contributed by atoms with Crippen LogP contribution in [-0.4, -0.2) is 59.6 Å². The van der Waals surface area contributed by atoms with Gasteiger partial charge in [0, 0.05) is 38.9 Å². The molecule has 0 aromatic carbocycles. The maximum atomic E-state index is 12.7. The van der Waals surface area contributed by atoms with Crippen LogP contribution in [0.4, 0.5) is 0 Å². The van der Waals surface area contributed by atoms with Crippen LogP contribution in [0, 0.1) is 18.8 Å². The lowest BCUT2D eigenvalue weighted by atomic mass is 9.86. The van der Waals surface area contributed by atoms with Crippen molar-refractivity contribution in [2.24, 2.45) is 11.8 Å². The minimum atomic E-state index is 0.155. The van der Waals surface area contributed by atoms with E-state index in [4.69, 9.17) is 4.42 Å². The molecule has 2 heterocycles. The van der Waals surface area contributed by atoms with Gasteiger partial charge in [-0.25, -0.2) is 0 Å². The molecular formula is C19H32N4O2. The topological polar surface area (TPSA) is 62.5 Å². The lowest BCUT2D eigenvalue weighted by Gasteiger charge is -2.23. The van der Waals surface area contributed by atoms with Gasteiger partial charge in [0.2, 0.25) is 17.7 Å². The Hall–Kier alpha value is -1.43. The molecular weight excluding hydrogens is 316 g/mol. The summed E-state index contributed by atoms with van der Waals surface area (Å²) >= 11 is 0. The number of rotatable bonds is 6. The van der Waals surface area contributed by atoms with Crippen molar-refractivity contribution in [3.05, 3.63) is 11.8 Å². The number of hydrogen-bond acceptors (Lipinski definition) is 5. The van der Waals surface area contributed by atoms with Gasteiger partial charge in [0.05, 0.1) is 5.92 Å². The summed E-state index contributed by atoms with van der Waals surface area (Å²) in [6.45, 7) is 4.26. The second-order valence-electron chi connectivity index (χ2n) is 8.13. The minimum absolute atomic E-state index is 0.155. The van der Waals surface area contributed by atoms with Gasteiger partial charge in [-0.3, -0.25) is 4.79 Å². The molecule has 0 radical (unpaired) electrons. The van der Waals surface area contributed by atoms with E-state index in [0.29, 0.717) is 36.6 Å². The third kappa shape index (κ3) is 4.81. The summed E-state index contributed by atoms with van der Waals surface area (Å²) in [7, 11) is 4.15. The van der Waals surface area contributed by atoms with Crippen LogP contribution in [0.25, 0.3) is 0 Å². The van der Waals surface area contributed by atoms with Crippen molar-refractivity contribution in [2.75, 3.05) is 33.7 Å². The second-order valence-corrected chi connectivity index (χ2v) is 8.13. The van der Waals surface area contributed by atoms with E-state index >= 15 is 0 Å². The van der Waals surface area contributed by atoms with Gasteiger partial charge in [0.25, 0.3) is 0 Å². The summed E-state index contributed by atoms with van der Waals surface area (Å²) in [4.78, 5) is 17.0. The molecule has 2 atom stereocenters. The highest BCUT2D eigenvalue weighted by atomic mass is 16.4. The number of amides is 1. The highest BCUT2D eigenvalue weighted by Crippen LogP contribution is 2.33. The molecule has 3 rings (SSSR count). The van der Waals surface area contributed by atoms with Gasteiger partial charge in [-0.05, 0) is 26.4 Å². The van der Waals surface area contributed by atoms with E-state index in [1.54, 1.807) is 0 Å². The fraction of sp³-hybridized carbons (Fsp3) is 0.842. The van der Waals surface area contributed by atoms with Crippen LogP contribution in [-0.2, 0) is 4.79 Å². The Bertz CT molecular complexity index is 566. The Morgan fingerprint density at radius 3 is 2.60 bits per heavy atom. The van der Waals surface area contributed by atoms with E-state index in [1.165, 1.54) is 32.1 Å². The minimum Gasteiger partial charge on any atom is -0.425 e. The molecule has 0 spiro atoms. The van der Waals surface area contributed by atoms with Crippen LogP contribution in [0.3, 0.4) is 0 Å². The van der Waals surface area contributed by atoms with Crippen LogP contribution in [0.1, 0.15) is 62.6 Å². The van der Waals surface area contributed by atoms with Gasteiger partial charge in [0.15, 0.2) is 0 Å². The summed E-state index contributed by atoms with van der Waals surface area (Å²) in [5.74, 6) is 2.85. The summed E-state index contributed by atoms with van der Waals surface area (Å²) in [5, 5.41) is 8.20. The molecule has 1 amide bonds. The predicted molar refractivity (Wildman–Crippen MR) is 96.2 cm³/mol. The van der Waals surface area contributed by atoms with E-state index in [1.807, 2.05) is 11.8 Å². The zero-order chi connectivity index (χ0) is 17.8. The molecule has 0 unspecified atom stereocenters. The number of carbonyl (C=O) groups is 1. The Balaban J connectivity index is 1.58. The lowest BCUT2D eigenvalue weighted by molar-refractivity contribution is -0.130. The zero-order valence-corrected chi connectivity index (χ0v) is 15.9. The Morgan fingerprint density at radius 2 is 1.96 bits per heavy atom. The molecule has 1 aliphatic heterocycles. The Labute approximate surface area is 151 Å². The van der Waals surface area contributed by atoms with Crippen molar-refractivity contribution in [3.63, 3.8) is 0 Å². The van der Waals surface area contributed by atoms with Crippen LogP contribution < -0.4 is 0 Å². The fourth-order valence-electron chi connectivity index (χ4n) is 4.43. The molecule has 2 aliphatic rings. The molecule has 25 heavy (non-hydrogen) atoms. The predicted octanol–water partition coefficient (Wildman–Crippen LogP) is 2.84. The van der Waals surface area contributed by atoms with E-state index in [0.717, 1.165) is 25.4 Å². The molecule has 0 bridgehead atoms. The van der Waals surface area contributed by atoms with E-state index in [-0.39, 0.29) is 5.92 Å². The lowest BCUT2D eigenvalue weighted by Crippen LogP contribution is -2.31. The van der Waals surface area contributed by atoms with Gasteiger partial charge in [-0.15, -0.1) is 10.2 Å². The number of likely N-dealkylation sites (tertiary alicyclic amines) is 1. The molecule has 1 saturated carbocycles. The van der Waals surface area contributed by atoms with Crippen LogP contribution >= 0.6 is 0 Å². The molecule has 0 N–H and O–H groups in total. The van der Waals surface area contributed by atoms with E-state index in [9.17, 15) is 4.79 Å². The first-order valence-corrected chi connectivity index (χ1v) is 9.75. The first-order chi connectivity index (χ1) is 12.0. The van der Waals surface area contributed by atoms with Gasteiger partial charge in [-0.2, -0.15) is 0 Å². The molecule has 1 aliphatic carbocycles. The highest BCUT2D eigenvalue weighted by Gasteiger charge is 2.39. The van der Waals surface area contributed by atoms with Crippen LogP contribution in [0.2, 0.25) is 0 Å². The summed E-state index contributed by atoms with van der Waals surface area (Å²) in [6.07, 6.45) is 8.40. The van der Waals surface area contributed by atoms with Crippen molar-refractivity contribution in [1.29, 1.82) is 0 Å². The average molecular weight is 348 g/mol. The number of nitrogens with zero attached hydrogens (tertiary/aromatic N) is 4. The Kier molecular flexibility index (Phi) is 6.10. The van der Waals surface area contributed by atoms with Crippen molar-refractivity contribution in [3.8, 4) is 0 Å². The largest absolute Gasteiger partial charge is 0.425 e. The van der Waals surface area contributed by atoms with Crippen molar-refractivity contribution < 1.29 is 9.21 Å². The van der Waals surface area contributed by atoms with Crippen LogP contribution in [0.5, 0.6) is 0 Å². The van der Waals surface area contributed by atoms with E-state index < -0.39 is 0 Å². The quantitative estimate of drug-likeness (QED) is 0.791. The smallest absolute Gasteiger partial charge is 0.222 e. The maximum Gasteiger partial charge on any atom is 0.222 e. The Morgan fingerprint density at radius 1 is 1.20 bits per heavy atom. The maximum absolute atomic E-state index is 12.7. The molecule has 1 saturated heterocycles. The highest BCUT2D eigenvalue weighted by molar-refractivity contribution is 5.76. The van der Waals surface area contributed by atoms with Crippen molar-refractivity contribution >= 4 is 5.91 Å². The third-order valence-electron chi connectivity index (χ3n) is 5.74. The zero-order valence-electron chi connectivity index (χ0n) is 15.9. The third-order valence-corrected chi connectivity index (χ3v) is 5.74. The number of hydrogen-bond donors (Lipinski definition) is 0. The molecule has 6 heteroatoms. The first-order valence-electron chi connectivity index (χ1n) is 9.75. The van der Waals surface area contributed by atoms with Crippen LogP contribution in [0.15, 0.2) is 4.42 Å². The standard InChI is InChI=1S/C19H32N4O2/c1-14-20-21-19(25-14)17-13-23(12-16(17)11-22(2)3)18(24)10-9-15-7-5-4-6-8-15/h15-17H,4-13H2,1-3H3/t16-,17-/m0/s1. The van der Waals surface area contributed by atoms with Gasteiger partial charge in [0.1, 0.15) is 0 Å². The summed E-state index contributed by atoms with van der Waals surface area (Å²) in [6, 6.07) is 0. The van der Waals surface area contributed by atoms with Gasteiger partial charge in [-0.1, -0.05) is 32.1 Å². The van der Waals surface area contributed by atoms with Gasteiger partial charge >= 0.3 is 0 Å². The van der Waals surface area contributed by atoms with Crippen molar-refractivity contribution in [1.82, 2.24) is 20.0 Å². The SMILES string of the molecule is Cc1nnc([C@H]2CN(C(=O)CCC3CCCCC3)C[C@@H]2CN(C)C)o1. The molecule has 2 fully saturated rings. The number of aromatic nitrogens is 2. The van der Waals surface area contributed by atoms with Gasteiger partial charge < -0.3 is 14.2 Å². The second kappa shape index (κ2) is 8.30. The summed E-state index contributed by atoms with van der Waals surface area (Å²) < 4.78 is 5.68. The van der Waals surface area contributed by atoms with E-state index in [2.05, 4.69) is 29.2 Å². The average Bonchev–Trinajstić information content (AvgIpc) is 3.19. The first kappa shape index (κ1) is 18.4. The monoisotopic (exact) mass is 348 g/mol. The number of aryl methyl sites for hydroxylation is 1.